The molecule has 3 saturated heterocycles. The van der Waals surface area contributed by atoms with Crippen LogP contribution in [0.4, 0.5) is 0 Å². The third kappa shape index (κ3) is 4.68. The maximum atomic E-state index is 4.37. The number of fused-ring (bicyclic) bond motifs is 3. The van der Waals surface area contributed by atoms with Crippen molar-refractivity contribution < 1.29 is 0 Å². The van der Waals surface area contributed by atoms with E-state index in [1.54, 1.807) is 0 Å². The first-order chi connectivity index (χ1) is 11.2. The highest BCUT2D eigenvalue weighted by Gasteiger charge is 2.31. The van der Waals surface area contributed by atoms with Gasteiger partial charge in [0.25, 0.3) is 0 Å². The Balaban J connectivity index is 1.38. The number of hydrogen-bond acceptors (Lipinski definition) is 4. The van der Waals surface area contributed by atoms with E-state index in [2.05, 4.69) is 49.9 Å². The van der Waals surface area contributed by atoms with Crippen LogP contribution in [0.2, 0.25) is 0 Å². The van der Waals surface area contributed by atoms with E-state index >= 15 is 0 Å². The molecule has 3 aliphatic heterocycles. The van der Waals surface area contributed by atoms with Crippen molar-refractivity contribution in [1.29, 1.82) is 0 Å². The van der Waals surface area contributed by atoms with Gasteiger partial charge in [0.2, 0.25) is 0 Å². The lowest BCUT2D eigenvalue weighted by atomic mass is 10.1. The monoisotopic (exact) mass is 335 g/mol. The fourth-order valence-electron chi connectivity index (χ4n) is 3.47. The molecule has 0 amide bonds. The topological polar surface area (TPSA) is 42.9 Å². The highest BCUT2D eigenvalue weighted by Crippen LogP contribution is 2.15. The molecule has 2 bridgehead atoms. The van der Waals surface area contributed by atoms with Gasteiger partial charge in [0.15, 0.2) is 5.96 Å². The van der Waals surface area contributed by atoms with E-state index < -0.39 is 0 Å². The van der Waals surface area contributed by atoms with Crippen LogP contribution in [0.5, 0.6) is 0 Å². The summed E-state index contributed by atoms with van der Waals surface area (Å²) in [5.41, 5.74) is 0. The van der Waals surface area contributed by atoms with Crippen molar-refractivity contribution in [2.24, 2.45) is 10.9 Å². The summed E-state index contributed by atoms with van der Waals surface area (Å²) in [4.78, 5) is 11.0. The zero-order valence-corrected chi connectivity index (χ0v) is 15.1. The lowest BCUT2D eigenvalue weighted by Gasteiger charge is -2.47. The van der Waals surface area contributed by atoms with E-state index in [0.29, 0.717) is 12.0 Å². The van der Waals surface area contributed by atoms with Gasteiger partial charge in [0.05, 0.1) is 0 Å². The highest BCUT2D eigenvalue weighted by atomic mass is 32.1. The Morgan fingerprint density at radius 1 is 1.35 bits per heavy atom. The lowest BCUT2D eigenvalue weighted by Crippen LogP contribution is -2.63. The minimum atomic E-state index is 0.604. The number of aliphatic imine (C=N–C) groups is 1. The average molecular weight is 336 g/mol. The Morgan fingerprint density at radius 3 is 2.78 bits per heavy atom. The second kappa shape index (κ2) is 8.13. The molecule has 5 nitrogen and oxygen atoms in total. The number of thiophene rings is 1. The van der Waals surface area contributed by atoms with Crippen molar-refractivity contribution in [3.05, 3.63) is 22.4 Å². The Bertz CT molecular complexity index is 493. The Kier molecular flexibility index (Phi) is 5.91. The molecule has 23 heavy (non-hydrogen) atoms. The molecule has 2 N–H and O–H groups in total. The number of hydrogen-bond donors (Lipinski definition) is 2. The van der Waals surface area contributed by atoms with Crippen LogP contribution in [0, 0.1) is 5.92 Å². The van der Waals surface area contributed by atoms with Crippen LogP contribution in [0.15, 0.2) is 22.5 Å². The quantitative estimate of drug-likeness (QED) is 0.603. The smallest absolute Gasteiger partial charge is 0.191 e. The van der Waals surface area contributed by atoms with Gasteiger partial charge >= 0.3 is 0 Å². The molecule has 4 heterocycles. The molecule has 1 aromatic rings. The summed E-state index contributed by atoms with van der Waals surface area (Å²) >= 11 is 1.84. The van der Waals surface area contributed by atoms with E-state index in [1.165, 1.54) is 37.6 Å². The summed E-state index contributed by atoms with van der Waals surface area (Å²) in [5, 5.41) is 9.14. The molecule has 1 aromatic heterocycles. The Hall–Kier alpha value is -1.11. The van der Waals surface area contributed by atoms with Gasteiger partial charge in [-0.3, -0.25) is 14.8 Å². The summed E-state index contributed by atoms with van der Waals surface area (Å²) in [7, 11) is 1.86. The van der Waals surface area contributed by atoms with Gasteiger partial charge in [-0.1, -0.05) is 13.0 Å². The molecule has 2 unspecified atom stereocenters. The molecule has 128 valence electrons. The van der Waals surface area contributed by atoms with Gasteiger partial charge in [-0.05, 0) is 23.8 Å². The minimum Gasteiger partial charge on any atom is -0.356 e. The van der Waals surface area contributed by atoms with E-state index in [4.69, 9.17) is 0 Å². The zero-order valence-electron chi connectivity index (χ0n) is 14.3. The second-order valence-corrected chi connectivity index (χ2v) is 7.75. The Morgan fingerprint density at radius 2 is 2.17 bits per heavy atom. The van der Waals surface area contributed by atoms with Crippen molar-refractivity contribution in [3.8, 4) is 0 Å². The van der Waals surface area contributed by atoms with E-state index in [-0.39, 0.29) is 0 Å². The summed E-state index contributed by atoms with van der Waals surface area (Å²) in [6.07, 6.45) is 1.13. The van der Waals surface area contributed by atoms with E-state index in [1.807, 2.05) is 18.4 Å². The maximum Gasteiger partial charge on any atom is 0.191 e. The number of rotatable bonds is 6. The van der Waals surface area contributed by atoms with Gasteiger partial charge in [-0.25, -0.2) is 0 Å². The predicted octanol–water partition coefficient (Wildman–Crippen LogP) is 1.09. The first-order valence-corrected chi connectivity index (χ1v) is 9.56. The molecule has 3 aliphatic rings. The third-order valence-electron chi connectivity index (χ3n) is 4.87. The first kappa shape index (κ1) is 16.7. The second-order valence-electron chi connectivity index (χ2n) is 6.71. The van der Waals surface area contributed by atoms with Crippen molar-refractivity contribution in [1.82, 2.24) is 20.4 Å². The largest absolute Gasteiger partial charge is 0.356 e. The van der Waals surface area contributed by atoms with Gasteiger partial charge in [-0.2, -0.15) is 0 Å². The minimum absolute atomic E-state index is 0.604. The average Bonchev–Trinajstić information content (AvgIpc) is 3.09. The van der Waals surface area contributed by atoms with Crippen LogP contribution in [0.1, 0.15) is 11.8 Å². The van der Waals surface area contributed by atoms with Crippen LogP contribution in [-0.2, 0) is 6.42 Å². The summed E-state index contributed by atoms with van der Waals surface area (Å²) in [5.74, 6) is 1.54. The maximum absolute atomic E-state index is 4.37. The van der Waals surface area contributed by atoms with E-state index in [0.717, 1.165) is 25.5 Å². The van der Waals surface area contributed by atoms with Gasteiger partial charge in [-0.15, -0.1) is 11.3 Å². The van der Waals surface area contributed by atoms with Crippen LogP contribution < -0.4 is 10.6 Å². The number of nitrogens with zero attached hydrogens (tertiary/aromatic N) is 3. The normalized spacial score (nSPS) is 28.6. The van der Waals surface area contributed by atoms with Crippen molar-refractivity contribution in [2.75, 3.05) is 52.9 Å². The van der Waals surface area contributed by atoms with Crippen molar-refractivity contribution in [3.63, 3.8) is 0 Å². The molecular weight excluding hydrogens is 306 g/mol. The first-order valence-electron chi connectivity index (χ1n) is 8.68. The molecular formula is C17H29N5S. The summed E-state index contributed by atoms with van der Waals surface area (Å²) < 4.78 is 0. The predicted molar refractivity (Wildman–Crippen MR) is 98.4 cm³/mol. The molecule has 2 atom stereocenters. The van der Waals surface area contributed by atoms with E-state index in [9.17, 15) is 0 Å². The standard InChI is InChI=1S/C17H29N5S/c1-14(10-16-4-3-9-23-16)11-19-17(18-2)20-12-15-13-21-5-7-22(15)8-6-21/h3-4,9,14-15H,5-8,10-13H2,1-2H3,(H2,18,19,20). The number of nitrogens with one attached hydrogen (secondary N) is 2. The number of guanidine groups is 1. The van der Waals surface area contributed by atoms with Crippen molar-refractivity contribution in [2.45, 2.75) is 19.4 Å². The van der Waals surface area contributed by atoms with Crippen LogP contribution in [0.3, 0.4) is 0 Å². The zero-order chi connectivity index (χ0) is 16.1. The molecule has 6 heteroatoms. The number of piperazine rings is 3. The SMILES string of the molecule is CN=C(NCC(C)Cc1cccs1)NCC1CN2CCN1CC2. The van der Waals surface area contributed by atoms with Crippen molar-refractivity contribution >= 4 is 17.3 Å². The lowest BCUT2D eigenvalue weighted by molar-refractivity contribution is 0.0154. The van der Waals surface area contributed by atoms with Crippen LogP contribution >= 0.6 is 11.3 Å². The Labute approximate surface area is 143 Å². The molecule has 4 rings (SSSR count). The molecule has 0 aromatic carbocycles. The molecule has 3 fully saturated rings. The molecule has 0 saturated carbocycles. The van der Waals surface area contributed by atoms with Gasteiger partial charge < -0.3 is 10.6 Å². The summed E-state index contributed by atoms with van der Waals surface area (Å²) in [6.45, 7) is 10.3. The fraction of sp³-hybridized carbons (Fsp3) is 0.706. The third-order valence-corrected chi connectivity index (χ3v) is 5.77. The highest BCUT2D eigenvalue weighted by molar-refractivity contribution is 7.09. The van der Waals surface area contributed by atoms with Gasteiger partial charge in [0, 0.05) is 63.8 Å². The van der Waals surface area contributed by atoms with Crippen LogP contribution in [0.25, 0.3) is 0 Å². The fourth-order valence-corrected chi connectivity index (χ4v) is 4.34. The molecule has 0 aliphatic carbocycles. The molecule has 0 radical (unpaired) electrons. The van der Waals surface area contributed by atoms with Crippen LogP contribution in [-0.4, -0.2) is 74.7 Å². The summed E-state index contributed by atoms with van der Waals surface area (Å²) in [6, 6.07) is 4.97. The van der Waals surface area contributed by atoms with Gasteiger partial charge in [0.1, 0.15) is 0 Å². The molecule has 0 spiro atoms.